The van der Waals surface area contributed by atoms with Crippen molar-refractivity contribution in [3.63, 3.8) is 0 Å². The quantitative estimate of drug-likeness (QED) is 0.292. The van der Waals surface area contributed by atoms with E-state index in [1.807, 2.05) is 0 Å². The number of hydrogen-bond donors (Lipinski definition) is 0. The monoisotopic (exact) mass is 658 g/mol. The average molecular weight is 659 g/mol. The molecule has 0 amide bonds. The van der Waals surface area contributed by atoms with Gasteiger partial charge < -0.3 is 56.9 Å². The second kappa shape index (κ2) is 9.44. The fraction of sp³-hybridized carbons (Fsp3) is 1.00. The molecule has 0 unspecified atom stereocenters. The van der Waals surface area contributed by atoms with Crippen molar-refractivity contribution in [3.05, 3.63) is 0 Å². The molecule has 0 aromatic heterocycles. The van der Waals surface area contributed by atoms with E-state index in [9.17, 15) is 0 Å². The molecule has 4 aliphatic rings. The van der Waals surface area contributed by atoms with Gasteiger partial charge in [-0.3, -0.25) is 0 Å². The third-order valence-corrected chi connectivity index (χ3v) is 11.6. The molecule has 31 heavy (non-hydrogen) atoms. The zero-order chi connectivity index (χ0) is 21.4. The lowest BCUT2D eigenvalue weighted by Gasteiger charge is -2.62. The highest BCUT2D eigenvalue weighted by Crippen LogP contribution is 2.68. The van der Waals surface area contributed by atoms with Crippen LogP contribution in [0.2, 0.25) is 0 Å². The smallest absolute Gasteiger partial charge is 0.0889 e. The van der Waals surface area contributed by atoms with Gasteiger partial charge in [-0.1, -0.05) is 13.8 Å². The molecule has 9 atom stereocenters. The Hall–Kier alpha value is 1.38. The van der Waals surface area contributed by atoms with Crippen LogP contribution in [0.15, 0.2) is 0 Å². The summed E-state index contributed by atoms with van der Waals surface area (Å²) in [6.07, 6.45) is 13.6. The molecule has 0 saturated heterocycles. The third kappa shape index (κ3) is 4.77. The van der Waals surface area contributed by atoms with Gasteiger partial charge in [0.1, 0.15) is 0 Å². The second-order valence-corrected chi connectivity index (χ2v) is 14.3. The molecule has 4 fully saturated rings. The van der Waals surface area contributed by atoms with E-state index >= 15 is 0 Å². The van der Waals surface area contributed by atoms with E-state index in [1.165, 1.54) is 55.8 Å². The largest absolute Gasteiger partial charge is 1.00 e. The number of hydrogen-bond acceptors (Lipinski definition) is 0. The molecule has 4 rings (SSSR count). The van der Waals surface area contributed by atoms with Crippen molar-refractivity contribution >= 4 is 0 Å². The molecule has 0 N–H and O–H groups in total. The Morgan fingerprint density at radius 1 is 0.710 bits per heavy atom. The molecule has 0 radical (unpaired) electrons. The van der Waals surface area contributed by atoms with Crippen LogP contribution >= 0.6 is 0 Å². The fourth-order valence-corrected chi connectivity index (χ4v) is 9.31. The zero-order valence-corrected chi connectivity index (χ0v) is 26.4. The molecule has 0 aromatic carbocycles. The van der Waals surface area contributed by atoms with Gasteiger partial charge in [-0.05, 0) is 92.8 Å². The van der Waals surface area contributed by atoms with Crippen LogP contribution in [0.5, 0.6) is 0 Å². The molecule has 4 aliphatic carbocycles. The maximum atomic E-state index is 2.74. The van der Waals surface area contributed by atoms with Gasteiger partial charge in [-0.15, -0.1) is 0 Å². The minimum absolute atomic E-state index is 0. The maximum absolute atomic E-state index is 2.74. The van der Waals surface area contributed by atoms with Crippen LogP contribution < -0.4 is 48.0 Å². The lowest BCUT2D eigenvalue weighted by molar-refractivity contribution is -0.899. The van der Waals surface area contributed by atoms with Crippen molar-refractivity contribution in [1.29, 1.82) is 0 Å². The van der Waals surface area contributed by atoms with Crippen LogP contribution in [0.4, 0.5) is 0 Å². The summed E-state index contributed by atoms with van der Waals surface area (Å²) in [6.45, 7) is 8.01. The summed E-state index contributed by atoms with van der Waals surface area (Å²) in [6, 6.07) is 1.67. The Labute approximate surface area is 228 Å². The Balaban J connectivity index is 0.00000171. The number of rotatable bonds is 3. The van der Waals surface area contributed by atoms with Crippen molar-refractivity contribution < 1.29 is 56.9 Å². The first-order valence-electron chi connectivity index (χ1n) is 12.9. The maximum Gasteiger partial charge on any atom is 0.0889 e. The molecule has 0 spiro atoms. The normalized spacial score (nSPS) is 46.0. The second-order valence-electron chi connectivity index (χ2n) is 14.3. The summed E-state index contributed by atoms with van der Waals surface area (Å²) in [5.74, 6) is 4.97. The predicted molar refractivity (Wildman–Crippen MR) is 125 cm³/mol. The lowest BCUT2D eigenvalue weighted by atomic mass is 9.44. The Morgan fingerprint density at radius 3 is 1.87 bits per heavy atom. The molecular formula is C27H52I2N2. The van der Waals surface area contributed by atoms with Gasteiger partial charge in [-0.25, -0.2) is 0 Å². The minimum atomic E-state index is 0. The summed E-state index contributed by atoms with van der Waals surface area (Å²) in [7, 11) is 14.6. The van der Waals surface area contributed by atoms with E-state index in [2.05, 4.69) is 63.1 Å². The van der Waals surface area contributed by atoms with Crippen molar-refractivity contribution in [3.8, 4) is 0 Å². The van der Waals surface area contributed by atoms with Gasteiger partial charge in [0.25, 0.3) is 0 Å². The van der Waals surface area contributed by atoms with E-state index in [4.69, 9.17) is 0 Å². The first kappa shape index (κ1) is 28.6. The molecule has 184 valence electrons. The van der Waals surface area contributed by atoms with Crippen molar-refractivity contribution in [2.24, 2.45) is 40.4 Å². The number of nitrogens with zero attached hydrogens (tertiary/aromatic N) is 2. The lowest BCUT2D eigenvalue weighted by Crippen LogP contribution is -3.00. The summed E-state index contributed by atoms with van der Waals surface area (Å²) in [4.78, 5) is 0. The zero-order valence-electron chi connectivity index (χ0n) is 22.1. The third-order valence-electron chi connectivity index (χ3n) is 11.6. The first-order chi connectivity index (χ1) is 13.3. The topological polar surface area (TPSA) is 0 Å². The van der Waals surface area contributed by atoms with Crippen LogP contribution in [-0.2, 0) is 0 Å². The van der Waals surface area contributed by atoms with Crippen LogP contribution in [0.3, 0.4) is 0 Å². The van der Waals surface area contributed by atoms with Crippen LogP contribution in [0.25, 0.3) is 0 Å². The van der Waals surface area contributed by atoms with E-state index < -0.39 is 0 Å². The summed E-state index contributed by atoms with van der Waals surface area (Å²) >= 11 is 0. The first-order valence-corrected chi connectivity index (χ1v) is 12.9. The summed E-state index contributed by atoms with van der Waals surface area (Å²) < 4.78 is 2.30. The van der Waals surface area contributed by atoms with Gasteiger partial charge >= 0.3 is 0 Å². The fourth-order valence-electron chi connectivity index (χ4n) is 9.31. The van der Waals surface area contributed by atoms with Gasteiger partial charge in [0.15, 0.2) is 0 Å². The van der Waals surface area contributed by atoms with Gasteiger partial charge in [-0.2, -0.15) is 0 Å². The standard InChI is InChI=1S/C27H52N2.2HI/c1-19(28(4,5)6)23-12-13-24-22-11-10-20-18-21(29(7,8)9)14-16-26(20,2)25(22)15-17-27(23,24)3;;/h19-25H,10-18H2,1-9H3;2*1H/q+2;;/p-2/t19-,20+,21+,22+,23-,24+,25+,26+,27-;;/m1../s1. The average Bonchev–Trinajstić information content (AvgIpc) is 2.95. The molecule has 0 aliphatic heterocycles. The Bertz CT molecular complexity index is 624. The molecule has 4 saturated carbocycles. The predicted octanol–water partition coefficient (Wildman–Crippen LogP) is -0.177. The highest BCUT2D eigenvalue weighted by atomic mass is 127. The van der Waals surface area contributed by atoms with Crippen LogP contribution in [0, 0.1) is 40.4 Å². The van der Waals surface area contributed by atoms with Gasteiger partial charge in [0.2, 0.25) is 0 Å². The highest BCUT2D eigenvalue weighted by molar-refractivity contribution is 5.10. The van der Waals surface area contributed by atoms with Crippen LogP contribution in [0.1, 0.15) is 78.6 Å². The van der Waals surface area contributed by atoms with E-state index in [-0.39, 0.29) is 48.0 Å². The Kier molecular flexibility index (Phi) is 8.72. The molecule has 0 bridgehead atoms. The van der Waals surface area contributed by atoms with Crippen molar-refractivity contribution in [1.82, 2.24) is 0 Å². The highest BCUT2D eigenvalue weighted by Gasteiger charge is 2.62. The molecule has 0 aromatic rings. The summed E-state index contributed by atoms with van der Waals surface area (Å²) in [5.41, 5.74) is 1.24. The van der Waals surface area contributed by atoms with E-state index in [0.717, 1.165) is 46.2 Å². The van der Waals surface area contributed by atoms with Crippen molar-refractivity contribution in [2.45, 2.75) is 90.6 Å². The molecule has 2 nitrogen and oxygen atoms in total. The number of quaternary nitrogens is 2. The van der Waals surface area contributed by atoms with Crippen molar-refractivity contribution in [2.75, 3.05) is 42.3 Å². The SMILES string of the molecule is C[C@H]([C@H]1CC[C@H]2[C@@H]3CC[C@H]4C[C@@H]([N+](C)(C)C)CC[C@]4(C)[C@H]3CC[C@]12C)[N+](C)(C)C.[I-].[I-]. The van der Waals surface area contributed by atoms with E-state index in [1.54, 1.807) is 6.42 Å². The minimum Gasteiger partial charge on any atom is -1.00 e. The molecular weight excluding hydrogens is 606 g/mol. The van der Waals surface area contributed by atoms with E-state index in [0.29, 0.717) is 10.8 Å². The van der Waals surface area contributed by atoms with Gasteiger partial charge in [0, 0.05) is 12.3 Å². The van der Waals surface area contributed by atoms with Crippen LogP contribution in [-0.4, -0.2) is 63.3 Å². The Morgan fingerprint density at radius 2 is 1.29 bits per heavy atom. The number of halogens is 2. The van der Waals surface area contributed by atoms with Gasteiger partial charge in [0.05, 0.1) is 54.4 Å². The summed E-state index contributed by atoms with van der Waals surface area (Å²) in [5, 5.41) is 0. The molecule has 0 heterocycles. The molecule has 4 heteroatoms. The number of fused-ring (bicyclic) bond motifs is 5.